The molecule has 1 aliphatic carbocycles. The van der Waals surface area contributed by atoms with Gasteiger partial charge in [0.25, 0.3) is 5.91 Å². The summed E-state index contributed by atoms with van der Waals surface area (Å²) in [5.74, 6) is -0.773. The molecule has 0 atom stereocenters. The fraction of sp³-hybridized carbons (Fsp3) is 0.421. The smallest absolute Gasteiger partial charge is 0.257 e. The summed E-state index contributed by atoms with van der Waals surface area (Å²) in [6, 6.07) is 5.57. The number of nitrogens with one attached hydrogen (secondary N) is 2. The molecule has 0 spiro atoms. The molecule has 0 radical (unpaired) electrons. The number of hydrogen-bond donors (Lipinski definition) is 2. The highest BCUT2D eigenvalue weighted by Crippen LogP contribution is 2.19. The Morgan fingerprint density at radius 1 is 1.12 bits per heavy atom. The lowest BCUT2D eigenvalue weighted by molar-refractivity contribution is -0.121. The maximum absolute atomic E-state index is 12.9. The summed E-state index contributed by atoms with van der Waals surface area (Å²) in [6.45, 7) is 0. The highest BCUT2D eigenvalue weighted by molar-refractivity contribution is 7.14. The SMILES string of the molecule is O=C(Cc1csc(NC(=O)c2ccc(F)cc2)n1)NC1CCCCCC1. The molecular formula is C19H22FN3O2S. The zero-order valence-electron chi connectivity index (χ0n) is 14.5. The first-order valence-electron chi connectivity index (χ1n) is 8.91. The second kappa shape index (κ2) is 8.89. The van der Waals surface area contributed by atoms with Gasteiger partial charge in [-0.2, -0.15) is 0 Å². The highest BCUT2D eigenvalue weighted by Gasteiger charge is 2.16. The van der Waals surface area contributed by atoms with E-state index >= 15 is 0 Å². The number of aromatic nitrogens is 1. The van der Waals surface area contributed by atoms with Crippen molar-refractivity contribution >= 4 is 28.3 Å². The van der Waals surface area contributed by atoms with Crippen LogP contribution in [0.2, 0.25) is 0 Å². The Morgan fingerprint density at radius 2 is 1.81 bits per heavy atom. The Morgan fingerprint density at radius 3 is 2.50 bits per heavy atom. The minimum atomic E-state index is -0.391. The minimum Gasteiger partial charge on any atom is -0.353 e. The van der Waals surface area contributed by atoms with Gasteiger partial charge >= 0.3 is 0 Å². The molecule has 0 unspecified atom stereocenters. The Bertz CT molecular complexity index is 752. The molecule has 1 fully saturated rings. The van der Waals surface area contributed by atoms with Crippen LogP contribution in [0.4, 0.5) is 9.52 Å². The van der Waals surface area contributed by atoms with E-state index in [9.17, 15) is 14.0 Å². The zero-order chi connectivity index (χ0) is 18.4. The highest BCUT2D eigenvalue weighted by atomic mass is 32.1. The van der Waals surface area contributed by atoms with Gasteiger partial charge in [-0.1, -0.05) is 25.7 Å². The van der Waals surface area contributed by atoms with Gasteiger partial charge in [-0.3, -0.25) is 14.9 Å². The number of carbonyl (C=O) groups excluding carboxylic acids is 2. The van der Waals surface area contributed by atoms with Gasteiger partial charge in [-0.25, -0.2) is 9.37 Å². The molecule has 1 saturated carbocycles. The molecule has 7 heteroatoms. The second-order valence-corrected chi connectivity index (χ2v) is 7.40. The van der Waals surface area contributed by atoms with Crippen LogP contribution in [0.25, 0.3) is 0 Å². The van der Waals surface area contributed by atoms with Gasteiger partial charge in [0.1, 0.15) is 5.82 Å². The van der Waals surface area contributed by atoms with E-state index in [0.717, 1.165) is 12.8 Å². The summed E-state index contributed by atoms with van der Waals surface area (Å²) < 4.78 is 12.9. The molecule has 2 amide bonds. The lowest BCUT2D eigenvalue weighted by Gasteiger charge is -2.15. The summed E-state index contributed by atoms with van der Waals surface area (Å²) in [5, 5.41) is 7.96. The van der Waals surface area contributed by atoms with Crippen molar-refractivity contribution in [2.75, 3.05) is 5.32 Å². The predicted molar refractivity (Wildman–Crippen MR) is 99.8 cm³/mol. The first-order valence-corrected chi connectivity index (χ1v) is 9.79. The maximum Gasteiger partial charge on any atom is 0.257 e. The van der Waals surface area contributed by atoms with Crippen LogP contribution < -0.4 is 10.6 Å². The molecule has 26 heavy (non-hydrogen) atoms. The second-order valence-electron chi connectivity index (χ2n) is 6.54. The van der Waals surface area contributed by atoms with E-state index in [4.69, 9.17) is 0 Å². The van der Waals surface area contributed by atoms with E-state index in [1.165, 1.54) is 61.3 Å². The lowest BCUT2D eigenvalue weighted by atomic mass is 10.1. The predicted octanol–water partition coefficient (Wildman–Crippen LogP) is 3.92. The molecule has 1 aromatic carbocycles. The Kier molecular flexibility index (Phi) is 6.33. The van der Waals surface area contributed by atoms with Crippen LogP contribution in [0.3, 0.4) is 0 Å². The third-order valence-corrected chi connectivity index (χ3v) is 5.25. The van der Waals surface area contributed by atoms with E-state index in [-0.39, 0.29) is 24.3 Å². The van der Waals surface area contributed by atoms with Crippen molar-refractivity contribution in [1.29, 1.82) is 0 Å². The normalized spacial score (nSPS) is 15.3. The molecule has 0 aliphatic heterocycles. The van der Waals surface area contributed by atoms with E-state index in [0.29, 0.717) is 16.4 Å². The van der Waals surface area contributed by atoms with Crippen molar-refractivity contribution in [1.82, 2.24) is 10.3 Å². The van der Waals surface area contributed by atoms with Crippen LogP contribution in [0, 0.1) is 5.82 Å². The van der Waals surface area contributed by atoms with Crippen molar-refractivity contribution in [2.24, 2.45) is 0 Å². The maximum atomic E-state index is 12.9. The third kappa shape index (κ3) is 5.36. The van der Waals surface area contributed by atoms with Gasteiger partial charge in [-0.15, -0.1) is 11.3 Å². The number of thiazole rings is 1. The number of rotatable bonds is 5. The molecule has 2 N–H and O–H groups in total. The van der Waals surface area contributed by atoms with Crippen molar-refractivity contribution in [2.45, 2.75) is 51.0 Å². The van der Waals surface area contributed by atoms with Crippen LogP contribution >= 0.6 is 11.3 Å². The summed E-state index contributed by atoms with van der Waals surface area (Å²) in [4.78, 5) is 28.6. The quantitative estimate of drug-likeness (QED) is 0.778. The van der Waals surface area contributed by atoms with E-state index < -0.39 is 5.82 Å². The minimum absolute atomic E-state index is 0.0291. The lowest BCUT2D eigenvalue weighted by Crippen LogP contribution is -2.35. The fourth-order valence-corrected chi connectivity index (χ4v) is 3.79. The number of anilines is 1. The summed E-state index contributed by atoms with van der Waals surface area (Å²) in [7, 11) is 0. The standard InChI is InChI=1S/C19H22FN3O2S/c20-14-9-7-13(8-10-14)18(25)23-19-22-16(12-26-19)11-17(24)21-15-5-3-1-2-4-6-15/h7-10,12,15H,1-6,11H2,(H,21,24)(H,22,23,25). The van der Waals surface area contributed by atoms with Crippen LogP contribution in [0.15, 0.2) is 29.6 Å². The Labute approximate surface area is 156 Å². The Balaban J connectivity index is 1.51. The van der Waals surface area contributed by atoms with E-state index in [1.54, 1.807) is 5.38 Å². The van der Waals surface area contributed by atoms with E-state index in [1.807, 2.05) is 0 Å². The first-order chi connectivity index (χ1) is 12.6. The van der Waals surface area contributed by atoms with Crippen molar-refractivity contribution in [3.63, 3.8) is 0 Å². The van der Waals surface area contributed by atoms with Gasteiger partial charge in [-0.05, 0) is 37.1 Å². The number of carbonyl (C=O) groups is 2. The molecule has 5 nitrogen and oxygen atoms in total. The third-order valence-electron chi connectivity index (χ3n) is 4.44. The number of nitrogens with zero attached hydrogens (tertiary/aromatic N) is 1. The molecule has 1 aromatic heterocycles. The molecule has 2 aromatic rings. The molecule has 138 valence electrons. The number of hydrogen-bond acceptors (Lipinski definition) is 4. The van der Waals surface area contributed by atoms with Crippen LogP contribution in [0.1, 0.15) is 54.6 Å². The van der Waals surface area contributed by atoms with Crippen LogP contribution in [0.5, 0.6) is 0 Å². The Hall–Kier alpha value is -2.28. The van der Waals surface area contributed by atoms with Gasteiger partial charge < -0.3 is 5.32 Å². The number of halogens is 1. The fourth-order valence-electron chi connectivity index (χ4n) is 3.08. The average molecular weight is 375 g/mol. The number of amides is 2. The van der Waals surface area contributed by atoms with Gasteiger partial charge in [0.2, 0.25) is 5.91 Å². The summed E-state index contributed by atoms with van der Waals surface area (Å²) in [6.07, 6.45) is 7.12. The first kappa shape index (κ1) is 18.5. The van der Waals surface area contributed by atoms with Crippen molar-refractivity contribution in [3.8, 4) is 0 Å². The molecule has 3 rings (SSSR count). The van der Waals surface area contributed by atoms with Crippen molar-refractivity contribution in [3.05, 3.63) is 46.7 Å². The molecule has 0 bridgehead atoms. The molecular weight excluding hydrogens is 353 g/mol. The molecule has 1 aliphatic rings. The van der Waals surface area contributed by atoms with Crippen molar-refractivity contribution < 1.29 is 14.0 Å². The largest absolute Gasteiger partial charge is 0.353 e. The van der Waals surface area contributed by atoms with Crippen LogP contribution in [-0.2, 0) is 11.2 Å². The van der Waals surface area contributed by atoms with Crippen LogP contribution in [-0.4, -0.2) is 22.8 Å². The summed E-state index contributed by atoms with van der Waals surface area (Å²) in [5.41, 5.74) is 0.991. The average Bonchev–Trinajstić information content (AvgIpc) is 2.88. The van der Waals surface area contributed by atoms with E-state index in [2.05, 4.69) is 15.6 Å². The van der Waals surface area contributed by atoms with Gasteiger partial charge in [0.05, 0.1) is 12.1 Å². The topological polar surface area (TPSA) is 71.1 Å². The number of benzene rings is 1. The zero-order valence-corrected chi connectivity index (χ0v) is 15.3. The van der Waals surface area contributed by atoms with Gasteiger partial charge in [0, 0.05) is 17.0 Å². The van der Waals surface area contributed by atoms with Gasteiger partial charge in [0.15, 0.2) is 5.13 Å². The summed E-state index contributed by atoms with van der Waals surface area (Å²) >= 11 is 1.27. The molecule has 0 saturated heterocycles. The monoisotopic (exact) mass is 375 g/mol. The molecule has 1 heterocycles.